The zero-order valence-corrected chi connectivity index (χ0v) is 18.5. The largest absolute Gasteiger partial charge is 0.465 e. The molecule has 0 aliphatic carbocycles. The van der Waals surface area contributed by atoms with Crippen molar-refractivity contribution in [3.63, 3.8) is 0 Å². The molecule has 2 aromatic carbocycles. The predicted octanol–water partition coefficient (Wildman–Crippen LogP) is 2.98. The summed E-state index contributed by atoms with van der Waals surface area (Å²) in [6, 6.07) is 14.0. The van der Waals surface area contributed by atoms with Gasteiger partial charge in [0.15, 0.2) is 0 Å². The van der Waals surface area contributed by atoms with Gasteiger partial charge < -0.3 is 9.64 Å². The Hall–Kier alpha value is -3.23. The summed E-state index contributed by atoms with van der Waals surface area (Å²) in [7, 11) is 0. The first-order valence-electron chi connectivity index (χ1n) is 10.5. The molecule has 1 saturated heterocycles. The number of aromatic nitrogens is 3. The molecule has 0 radical (unpaired) electrons. The SMILES string of the molecule is CCOC(=O)C(c1ccc(Cl)cc1)N1CCN(C(=O)c2ccc(-n3cncn3)cc2)CC1. The number of hydrogen-bond acceptors (Lipinski definition) is 6. The van der Waals surface area contributed by atoms with E-state index in [0.717, 1.165) is 11.3 Å². The lowest BCUT2D eigenvalue weighted by Gasteiger charge is -2.38. The van der Waals surface area contributed by atoms with Gasteiger partial charge in [0.25, 0.3) is 5.91 Å². The number of piperazine rings is 1. The Bertz CT molecular complexity index is 1050. The Morgan fingerprint density at radius 1 is 1.03 bits per heavy atom. The van der Waals surface area contributed by atoms with E-state index in [0.29, 0.717) is 43.4 Å². The van der Waals surface area contributed by atoms with Crippen LogP contribution in [0.15, 0.2) is 61.2 Å². The number of rotatable bonds is 6. The average molecular weight is 454 g/mol. The van der Waals surface area contributed by atoms with Crippen molar-refractivity contribution >= 4 is 23.5 Å². The average Bonchev–Trinajstić information content (AvgIpc) is 3.36. The van der Waals surface area contributed by atoms with Gasteiger partial charge in [-0.3, -0.25) is 9.69 Å². The third-order valence-corrected chi connectivity index (χ3v) is 5.71. The van der Waals surface area contributed by atoms with Gasteiger partial charge in [-0.25, -0.2) is 14.5 Å². The van der Waals surface area contributed by atoms with Crippen LogP contribution in [0.4, 0.5) is 0 Å². The number of amides is 1. The Kier molecular flexibility index (Phi) is 6.82. The van der Waals surface area contributed by atoms with Crippen molar-refractivity contribution in [2.24, 2.45) is 0 Å². The second kappa shape index (κ2) is 9.93. The van der Waals surface area contributed by atoms with Crippen LogP contribution in [0.5, 0.6) is 0 Å². The lowest BCUT2D eigenvalue weighted by molar-refractivity contribution is -0.150. The van der Waals surface area contributed by atoms with Crippen LogP contribution < -0.4 is 0 Å². The van der Waals surface area contributed by atoms with E-state index in [-0.39, 0.29) is 11.9 Å². The van der Waals surface area contributed by atoms with Gasteiger partial charge >= 0.3 is 5.97 Å². The van der Waals surface area contributed by atoms with Crippen LogP contribution >= 0.6 is 11.6 Å². The number of benzene rings is 2. The first-order chi connectivity index (χ1) is 15.6. The number of carbonyl (C=O) groups excluding carboxylic acids is 2. The molecule has 1 atom stereocenters. The van der Waals surface area contributed by atoms with E-state index in [2.05, 4.69) is 15.0 Å². The minimum atomic E-state index is -0.522. The monoisotopic (exact) mass is 453 g/mol. The van der Waals surface area contributed by atoms with Crippen molar-refractivity contribution in [3.05, 3.63) is 77.3 Å². The zero-order chi connectivity index (χ0) is 22.5. The van der Waals surface area contributed by atoms with E-state index in [9.17, 15) is 9.59 Å². The van der Waals surface area contributed by atoms with Gasteiger partial charge in [-0.2, -0.15) is 5.10 Å². The molecule has 0 saturated carbocycles. The van der Waals surface area contributed by atoms with E-state index in [1.54, 1.807) is 42.2 Å². The molecule has 1 aromatic heterocycles. The lowest BCUT2D eigenvalue weighted by atomic mass is 10.0. The second-order valence-corrected chi connectivity index (χ2v) is 7.86. The number of carbonyl (C=O) groups is 2. The highest BCUT2D eigenvalue weighted by molar-refractivity contribution is 6.30. The third kappa shape index (κ3) is 4.81. The molecule has 4 rings (SSSR count). The Morgan fingerprint density at radius 2 is 1.72 bits per heavy atom. The third-order valence-electron chi connectivity index (χ3n) is 5.46. The molecule has 0 spiro atoms. The van der Waals surface area contributed by atoms with E-state index in [1.807, 2.05) is 29.2 Å². The summed E-state index contributed by atoms with van der Waals surface area (Å²) in [6.07, 6.45) is 3.07. The molecular formula is C23H24ClN5O3. The zero-order valence-electron chi connectivity index (χ0n) is 17.7. The van der Waals surface area contributed by atoms with Gasteiger partial charge in [0.05, 0.1) is 12.3 Å². The molecule has 0 N–H and O–H groups in total. The van der Waals surface area contributed by atoms with E-state index < -0.39 is 6.04 Å². The summed E-state index contributed by atoms with van der Waals surface area (Å²) in [5, 5.41) is 4.70. The van der Waals surface area contributed by atoms with E-state index in [4.69, 9.17) is 16.3 Å². The number of esters is 1. The molecule has 8 nitrogen and oxygen atoms in total. The molecule has 1 amide bonds. The summed E-state index contributed by atoms with van der Waals surface area (Å²) in [6.45, 7) is 4.28. The maximum absolute atomic E-state index is 13.0. The molecular weight excluding hydrogens is 430 g/mol. The van der Waals surface area contributed by atoms with Crippen molar-refractivity contribution in [3.8, 4) is 5.69 Å². The van der Waals surface area contributed by atoms with Crippen molar-refractivity contribution < 1.29 is 14.3 Å². The Morgan fingerprint density at radius 3 is 2.31 bits per heavy atom. The van der Waals surface area contributed by atoms with Gasteiger partial charge in [0, 0.05) is 36.8 Å². The van der Waals surface area contributed by atoms with Crippen molar-refractivity contribution in [2.75, 3.05) is 32.8 Å². The van der Waals surface area contributed by atoms with Crippen LogP contribution in [0, 0.1) is 0 Å². The maximum atomic E-state index is 13.0. The summed E-state index contributed by atoms with van der Waals surface area (Å²) in [5.41, 5.74) is 2.28. The minimum Gasteiger partial charge on any atom is -0.465 e. The summed E-state index contributed by atoms with van der Waals surface area (Å²) < 4.78 is 6.96. The molecule has 1 aliphatic rings. The van der Waals surface area contributed by atoms with Crippen LogP contribution in [0.1, 0.15) is 28.9 Å². The van der Waals surface area contributed by atoms with Crippen LogP contribution in [-0.4, -0.2) is 69.2 Å². The molecule has 32 heavy (non-hydrogen) atoms. The fraction of sp³-hybridized carbons (Fsp3) is 0.304. The molecule has 9 heteroatoms. The van der Waals surface area contributed by atoms with Crippen molar-refractivity contribution in [2.45, 2.75) is 13.0 Å². The van der Waals surface area contributed by atoms with Crippen LogP contribution in [-0.2, 0) is 9.53 Å². The number of nitrogens with zero attached hydrogens (tertiary/aromatic N) is 5. The Labute approximate surface area is 191 Å². The van der Waals surface area contributed by atoms with Crippen molar-refractivity contribution in [1.82, 2.24) is 24.6 Å². The van der Waals surface area contributed by atoms with E-state index in [1.165, 1.54) is 6.33 Å². The van der Waals surface area contributed by atoms with Gasteiger partial charge in [0.2, 0.25) is 0 Å². The van der Waals surface area contributed by atoms with Crippen LogP contribution in [0.3, 0.4) is 0 Å². The van der Waals surface area contributed by atoms with Gasteiger partial charge in [-0.15, -0.1) is 0 Å². The molecule has 2 heterocycles. The molecule has 3 aromatic rings. The standard InChI is InChI=1S/C23H24ClN5O3/c1-2-32-23(31)21(17-3-7-19(24)8-4-17)27-11-13-28(14-12-27)22(30)18-5-9-20(10-6-18)29-16-25-15-26-29/h3-10,15-16,21H,2,11-14H2,1H3. The van der Waals surface area contributed by atoms with Crippen LogP contribution in [0.25, 0.3) is 5.69 Å². The topological polar surface area (TPSA) is 80.6 Å². The van der Waals surface area contributed by atoms with Crippen molar-refractivity contribution in [1.29, 1.82) is 0 Å². The fourth-order valence-electron chi connectivity index (χ4n) is 3.83. The molecule has 166 valence electrons. The smallest absolute Gasteiger partial charge is 0.328 e. The van der Waals surface area contributed by atoms with Gasteiger partial charge in [-0.05, 0) is 48.9 Å². The highest BCUT2D eigenvalue weighted by atomic mass is 35.5. The highest BCUT2D eigenvalue weighted by Crippen LogP contribution is 2.26. The number of ether oxygens (including phenoxy) is 1. The fourth-order valence-corrected chi connectivity index (χ4v) is 3.95. The molecule has 1 fully saturated rings. The molecule has 0 bridgehead atoms. The second-order valence-electron chi connectivity index (χ2n) is 7.42. The Balaban J connectivity index is 1.43. The number of hydrogen-bond donors (Lipinski definition) is 0. The molecule has 1 aliphatic heterocycles. The maximum Gasteiger partial charge on any atom is 0.328 e. The normalized spacial score (nSPS) is 15.4. The first-order valence-corrected chi connectivity index (χ1v) is 10.8. The summed E-state index contributed by atoms with van der Waals surface area (Å²) in [5.74, 6) is -0.327. The summed E-state index contributed by atoms with van der Waals surface area (Å²) >= 11 is 6.01. The quantitative estimate of drug-likeness (QED) is 0.534. The molecule has 1 unspecified atom stereocenters. The van der Waals surface area contributed by atoms with Crippen LogP contribution in [0.2, 0.25) is 5.02 Å². The number of halogens is 1. The first kappa shape index (κ1) is 22.0. The van der Waals surface area contributed by atoms with E-state index >= 15 is 0 Å². The predicted molar refractivity (Wildman–Crippen MR) is 120 cm³/mol. The lowest BCUT2D eigenvalue weighted by Crippen LogP contribution is -2.51. The van der Waals surface area contributed by atoms with Gasteiger partial charge in [0.1, 0.15) is 18.7 Å². The summed E-state index contributed by atoms with van der Waals surface area (Å²) in [4.78, 5) is 33.5. The minimum absolute atomic E-state index is 0.0334. The highest BCUT2D eigenvalue weighted by Gasteiger charge is 2.32. The van der Waals surface area contributed by atoms with Gasteiger partial charge in [-0.1, -0.05) is 23.7 Å².